The third-order valence-electron chi connectivity index (χ3n) is 5.53. The number of nitrogens with one attached hydrogen (secondary N) is 1. The van der Waals surface area contributed by atoms with E-state index in [1.165, 1.54) is 4.57 Å². The van der Waals surface area contributed by atoms with Crippen LogP contribution in [0.15, 0.2) is 47.3 Å². The summed E-state index contributed by atoms with van der Waals surface area (Å²) in [6, 6.07) is 11.2. The monoisotopic (exact) mass is 493 g/mol. The third-order valence-corrected chi connectivity index (χ3v) is 6.33. The molecule has 4 rings (SSSR count). The number of piperazine rings is 1. The number of aromatic nitrogens is 3. The Labute approximate surface area is 200 Å². The summed E-state index contributed by atoms with van der Waals surface area (Å²) in [7, 11) is 0. The van der Waals surface area contributed by atoms with E-state index >= 15 is 0 Å². The van der Waals surface area contributed by atoms with Crippen LogP contribution < -0.4 is 15.9 Å². The summed E-state index contributed by atoms with van der Waals surface area (Å²) in [6.07, 6.45) is 0.365. The van der Waals surface area contributed by atoms with Crippen molar-refractivity contribution in [3.05, 3.63) is 73.8 Å². The van der Waals surface area contributed by atoms with Crippen molar-refractivity contribution < 1.29 is 4.79 Å². The molecule has 0 radical (unpaired) electrons. The molecule has 3 aromatic rings. The van der Waals surface area contributed by atoms with E-state index in [2.05, 4.69) is 15.3 Å². The number of carbonyl (C=O) groups excluding carboxylic acids is 1. The van der Waals surface area contributed by atoms with Crippen molar-refractivity contribution in [1.29, 1.82) is 0 Å². The molecule has 0 aliphatic carbocycles. The summed E-state index contributed by atoms with van der Waals surface area (Å²) in [5.74, 6) is -0.243. The fourth-order valence-electron chi connectivity index (χ4n) is 3.84. The molecule has 0 spiro atoms. The summed E-state index contributed by atoms with van der Waals surface area (Å²) in [6.45, 7) is 5.36. The van der Waals surface area contributed by atoms with E-state index in [1.807, 2.05) is 19.1 Å². The van der Waals surface area contributed by atoms with Gasteiger partial charge < -0.3 is 10.2 Å². The first-order chi connectivity index (χ1) is 15.4. The second-order valence-electron chi connectivity index (χ2n) is 7.50. The highest BCUT2D eigenvalue weighted by atomic mass is 35.5. The minimum atomic E-state index is -0.804. The zero-order valence-corrected chi connectivity index (χ0v) is 19.7. The van der Waals surface area contributed by atoms with Crippen molar-refractivity contribution in [3.8, 4) is 5.69 Å². The van der Waals surface area contributed by atoms with Gasteiger partial charge in [0.25, 0.3) is 0 Å². The Morgan fingerprint density at radius 1 is 1.09 bits per heavy atom. The molecule has 1 aliphatic heterocycles. The fourth-order valence-corrected chi connectivity index (χ4v) is 4.47. The van der Waals surface area contributed by atoms with E-state index in [1.54, 1.807) is 30.3 Å². The molecule has 2 aromatic carbocycles. The number of anilines is 1. The lowest BCUT2D eigenvalue weighted by Crippen LogP contribution is -2.43. The Hall–Kier alpha value is -2.32. The van der Waals surface area contributed by atoms with E-state index in [4.69, 9.17) is 34.8 Å². The van der Waals surface area contributed by atoms with Gasteiger partial charge in [-0.2, -0.15) is 0 Å². The largest absolute Gasteiger partial charge is 0.369 e. The van der Waals surface area contributed by atoms with Crippen LogP contribution in [0.5, 0.6) is 0 Å². The highest BCUT2D eigenvalue weighted by Gasteiger charge is 2.27. The zero-order valence-electron chi connectivity index (χ0n) is 17.4. The van der Waals surface area contributed by atoms with Crippen LogP contribution in [-0.2, 0) is 0 Å². The van der Waals surface area contributed by atoms with Gasteiger partial charge in [-0.3, -0.25) is 4.79 Å². The minimum absolute atomic E-state index is 0.0609. The topological polar surface area (TPSA) is 72.2 Å². The first-order valence-electron chi connectivity index (χ1n) is 10.3. The Morgan fingerprint density at radius 2 is 1.78 bits per heavy atom. The van der Waals surface area contributed by atoms with Gasteiger partial charge in [-0.15, -0.1) is 5.10 Å². The van der Waals surface area contributed by atoms with Gasteiger partial charge in [-0.1, -0.05) is 30.1 Å². The van der Waals surface area contributed by atoms with Crippen LogP contribution in [0, 0.1) is 0 Å². The number of benzene rings is 2. The molecule has 1 unspecified atom stereocenters. The predicted molar refractivity (Wildman–Crippen MR) is 128 cm³/mol. The van der Waals surface area contributed by atoms with Gasteiger partial charge in [0.15, 0.2) is 5.78 Å². The molecule has 7 nitrogen and oxygen atoms in total. The molecule has 1 atom stereocenters. The van der Waals surface area contributed by atoms with Crippen molar-refractivity contribution in [2.24, 2.45) is 0 Å². The molecule has 1 fully saturated rings. The number of rotatable bonds is 6. The van der Waals surface area contributed by atoms with Crippen LogP contribution >= 0.6 is 34.8 Å². The van der Waals surface area contributed by atoms with Crippen LogP contribution in [0.3, 0.4) is 0 Å². The average molecular weight is 495 g/mol. The minimum Gasteiger partial charge on any atom is -0.369 e. The van der Waals surface area contributed by atoms with Gasteiger partial charge >= 0.3 is 5.69 Å². The Balaban J connectivity index is 1.68. The van der Waals surface area contributed by atoms with E-state index in [0.717, 1.165) is 36.5 Å². The first kappa shape index (κ1) is 22.9. The Bertz CT molecular complexity index is 1180. The maximum absolute atomic E-state index is 13.2. The van der Waals surface area contributed by atoms with Crippen molar-refractivity contribution in [3.63, 3.8) is 0 Å². The fraction of sp³-hybridized carbons (Fsp3) is 0.318. The standard InChI is InChI=1S/C22H22Cl3N5O2/c1-2-18(20(31)14-3-5-15(23)6-4-14)30-22(32)29(21(25)27-30)19-8-7-16(13-17(19)24)28-11-9-26-10-12-28/h3-8,13,18,26H,2,9-12H2,1H3. The predicted octanol–water partition coefficient (Wildman–Crippen LogP) is 4.24. The quantitative estimate of drug-likeness (QED) is 0.519. The first-order valence-corrected chi connectivity index (χ1v) is 11.5. The molecule has 1 aromatic heterocycles. The molecule has 2 heterocycles. The van der Waals surface area contributed by atoms with Gasteiger partial charge in [0, 0.05) is 42.5 Å². The number of nitrogens with zero attached hydrogens (tertiary/aromatic N) is 4. The lowest BCUT2D eigenvalue weighted by Gasteiger charge is -2.29. The van der Waals surface area contributed by atoms with Crippen LogP contribution in [0.1, 0.15) is 29.7 Å². The molecule has 1 saturated heterocycles. The molecule has 1 aliphatic rings. The van der Waals surface area contributed by atoms with Crippen LogP contribution in [-0.4, -0.2) is 46.3 Å². The third kappa shape index (κ3) is 4.43. The number of ketones is 1. The lowest BCUT2D eigenvalue weighted by atomic mass is 10.0. The van der Waals surface area contributed by atoms with Crippen LogP contribution in [0.2, 0.25) is 15.3 Å². The second kappa shape index (κ2) is 9.67. The molecule has 0 amide bonds. The summed E-state index contributed by atoms with van der Waals surface area (Å²) in [5, 5.41) is 8.34. The average Bonchev–Trinajstić information content (AvgIpc) is 3.09. The molecule has 1 N–H and O–H groups in total. The number of hydrogen-bond acceptors (Lipinski definition) is 5. The second-order valence-corrected chi connectivity index (χ2v) is 8.68. The zero-order chi connectivity index (χ0) is 22.8. The molecule has 0 saturated carbocycles. The number of Topliss-reactive ketones (excluding diaryl/α,β-unsaturated/α-hetero) is 1. The van der Waals surface area contributed by atoms with Gasteiger partial charge in [0.1, 0.15) is 6.04 Å². The van der Waals surface area contributed by atoms with E-state index in [0.29, 0.717) is 27.7 Å². The maximum atomic E-state index is 13.2. The number of hydrogen-bond donors (Lipinski definition) is 1. The van der Waals surface area contributed by atoms with E-state index in [9.17, 15) is 9.59 Å². The Morgan fingerprint density at radius 3 is 2.41 bits per heavy atom. The molecule has 32 heavy (non-hydrogen) atoms. The van der Waals surface area contributed by atoms with Crippen molar-refractivity contribution in [2.45, 2.75) is 19.4 Å². The van der Waals surface area contributed by atoms with Crippen LogP contribution in [0.25, 0.3) is 5.69 Å². The smallest absolute Gasteiger partial charge is 0.352 e. The highest BCUT2D eigenvalue weighted by Crippen LogP contribution is 2.28. The van der Waals surface area contributed by atoms with Crippen molar-refractivity contribution in [2.75, 3.05) is 31.1 Å². The molecular weight excluding hydrogens is 473 g/mol. The Kier molecular flexibility index (Phi) is 6.90. The number of halogens is 3. The summed E-state index contributed by atoms with van der Waals surface area (Å²) in [4.78, 5) is 28.5. The molecule has 10 heteroatoms. The summed E-state index contributed by atoms with van der Waals surface area (Å²) in [5.41, 5.74) is 1.31. The molecule has 168 valence electrons. The lowest BCUT2D eigenvalue weighted by molar-refractivity contribution is 0.0911. The normalized spacial score (nSPS) is 15.1. The number of carbonyl (C=O) groups is 1. The maximum Gasteiger partial charge on any atom is 0.352 e. The summed E-state index contributed by atoms with van der Waals surface area (Å²) >= 11 is 18.8. The van der Waals surface area contributed by atoms with E-state index in [-0.39, 0.29) is 11.1 Å². The SMILES string of the molecule is CCC(C(=O)c1ccc(Cl)cc1)n1nc(Cl)n(-c2ccc(N3CCNCC3)cc2Cl)c1=O. The highest BCUT2D eigenvalue weighted by molar-refractivity contribution is 6.33. The van der Waals surface area contributed by atoms with E-state index < -0.39 is 11.7 Å². The van der Waals surface area contributed by atoms with Gasteiger partial charge in [-0.25, -0.2) is 14.0 Å². The van der Waals surface area contributed by atoms with Crippen molar-refractivity contribution >= 4 is 46.3 Å². The van der Waals surface area contributed by atoms with Crippen LogP contribution in [0.4, 0.5) is 5.69 Å². The van der Waals surface area contributed by atoms with Gasteiger partial charge in [0.05, 0.1) is 10.7 Å². The molecule has 0 bridgehead atoms. The van der Waals surface area contributed by atoms with Crippen molar-refractivity contribution in [1.82, 2.24) is 19.7 Å². The molecular formula is C22H22Cl3N5O2. The van der Waals surface area contributed by atoms with Gasteiger partial charge in [-0.05, 0) is 60.5 Å². The summed E-state index contributed by atoms with van der Waals surface area (Å²) < 4.78 is 2.35. The van der Waals surface area contributed by atoms with Gasteiger partial charge in [0.2, 0.25) is 5.28 Å².